The first-order chi connectivity index (χ1) is 9.24. The topological polar surface area (TPSA) is 64.2 Å². The molecule has 0 aliphatic carbocycles. The molecule has 1 aromatic carbocycles. The van der Waals surface area contributed by atoms with Crippen molar-refractivity contribution in [2.75, 3.05) is 14.2 Å². The third-order valence-corrected chi connectivity index (χ3v) is 3.11. The highest BCUT2D eigenvalue weighted by atomic mass is 16.5. The summed E-state index contributed by atoms with van der Waals surface area (Å²) in [4.78, 5) is 19.0. The molecule has 2 heterocycles. The summed E-state index contributed by atoms with van der Waals surface area (Å²) in [6.45, 7) is 0. The minimum absolute atomic E-state index is 0.287. The van der Waals surface area contributed by atoms with Crippen molar-refractivity contribution in [1.29, 1.82) is 0 Å². The lowest BCUT2D eigenvalue weighted by Gasteiger charge is -1.99. The number of esters is 1. The number of nitrogens with zero attached hydrogens (tertiary/aromatic N) is 1. The zero-order chi connectivity index (χ0) is 13.4. The smallest absolute Gasteiger partial charge is 0.358 e. The van der Waals surface area contributed by atoms with Crippen LogP contribution in [0, 0.1) is 0 Å². The molecule has 0 unspecified atom stereocenters. The summed E-state index contributed by atoms with van der Waals surface area (Å²) in [5.41, 5.74) is 1.86. The van der Waals surface area contributed by atoms with Crippen molar-refractivity contribution < 1.29 is 14.3 Å². The molecule has 5 heteroatoms. The van der Waals surface area contributed by atoms with E-state index in [9.17, 15) is 4.79 Å². The zero-order valence-electron chi connectivity index (χ0n) is 10.6. The first-order valence-electron chi connectivity index (χ1n) is 5.77. The Kier molecular flexibility index (Phi) is 2.59. The van der Waals surface area contributed by atoms with E-state index in [0.29, 0.717) is 5.52 Å². The van der Waals surface area contributed by atoms with Gasteiger partial charge in [0, 0.05) is 23.0 Å². The molecule has 1 N–H and O–H groups in total. The van der Waals surface area contributed by atoms with Gasteiger partial charge in [0.1, 0.15) is 5.75 Å². The van der Waals surface area contributed by atoms with E-state index in [-0.39, 0.29) is 5.69 Å². The van der Waals surface area contributed by atoms with E-state index < -0.39 is 5.97 Å². The van der Waals surface area contributed by atoms with Crippen LogP contribution < -0.4 is 4.74 Å². The maximum absolute atomic E-state index is 11.7. The van der Waals surface area contributed by atoms with Gasteiger partial charge in [-0.3, -0.25) is 0 Å². The van der Waals surface area contributed by atoms with Gasteiger partial charge in [0.25, 0.3) is 0 Å². The van der Waals surface area contributed by atoms with Gasteiger partial charge in [-0.2, -0.15) is 0 Å². The molecule has 0 aliphatic heterocycles. The third kappa shape index (κ3) is 1.71. The first-order valence-corrected chi connectivity index (χ1v) is 5.77. The average molecular weight is 256 g/mol. The molecular formula is C14H12N2O3. The van der Waals surface area contributed by atoms with Crippen molar-refractivity contribution in [3.05, 3.63) is 36.2 Å². The predicted molar refractivity (Wildman–Crippen MR) is 71.5 cm³/mol. The van der Waals surface area contributed by atoms with Gasteiger partial charge in [0.2, 0.25) is 0 Å². The van der Waals surface area contributed by atoms with Gasteiger partial charge in [-0.25, -0.2) is 9.78 Å². The fraction of sp³-hybridized carbons (Fsp3) is 0.143. The van der Waals surface area contributed by atoms with Crippen LogP contribution in [0.15, 0.2) is 30.5 Å². The minimum atomic E-state index is -0.455. The van der Waals surface area contributed by atoms with Crippen LogP contribution >= 0.6 is 0 Å². The van der Waals surface area contributed by atoms with Crippen LogP contribution in [-0.2, 0) is 4.74 Å². The second-order valence-electron chi connectivity index (χ2n) is 4.11. The van der Waals surface area contributed by atoms with Gasteiger partial charge in [-0.05, 0) is 18.2 Å². The van der Waals surface area contributed by atoms with Crippen LogP contribution in [-0.4, -0.2) is 30.2 Å². The molecular weight excluding hydrogens is 244 g/mol. The van der Waals surface area contributed by atoms with Crippen molar-refractivity contribution in [2.45, 2.75) is 0 Å². The maximum atomic E-state index is 11.7. The summed E-state index contributed by atoms with van der Waals surface area (Å²) in [6, 6.07) is 7.59. The Balaban J connectivity index is 2.35. The number of ether oxygens (including phenoxy) is 2. The van der Waals surface area contributed by atoms with Crippen LogP contribution in [0.5, 0.6) is 5.75 Å². The molecule has 3 aromatic rings. The molecule has 0 saturated carbocycles. The summed E-state index contributed by atoms with van der Waals surface area (Å²) in [5.74, 6) is 0.302. The van der Waals surface area contributed by atoms with Crippen LogP contribution in [0.2, 0.25) is 0 Å². The number of H-pyrrole nitrogens is 1. The van der Waals surface area contributed by atoms with Crippen molar-refractivity contribution in [2.24, 2.45) is 0 Å². The third-order valence-electron chi connectivity index (χ3n) is 3.11. The number of aromatic amines is 1. The lowest BCUT2D eigenvalue weighted by molar-refractivity contribution is 0.0596. The number of carbonyl (C=O) groups excluding carboxylic acids is 1. The highest BCUT2D eigenvalue weighted by molar-refractivity contribution is 6.13. The number of hydrogen-bond acceptors (Lipinski definition) is 4. The van der Waals surface area contributed by atoms with Crippen LogP contribution in [0.4, 0.5) is 0 Å². The second kappa shape index (κ2) is 4.28. The number of benzene rings is 1. The molecule has 0 radical (unpaired) electrons. The van der Waals surface area contributed by atoms with Gasteiger partial charge in [-0.1, -0.05) is 0 Å². The van der Waals surface area contributed by atoms with Crippen molar-refractivity contribution in [3.8, 4) is 5.75 Å². The lowest BCUT2D eigenvalue weighted by atomic mass is 10.1. The normalized spacial score (nSPS) is 10.8. The first kappa shape index (κ1) is 11.5. The van der Waals surface area contributed by atoms with Gasteiger partial charge in [-0.15, -0.1) is 0 Å². The van der Waals surface area contributed by atoms with E-state index in [1.165, 1.54) is 7.11 Å². The molecule has 0 spiro atoms. The quantitative estimate of drug-likeness (QED) is 0.715. The summed E-state index contributed by atoms with van der Waals surface area (Å²) < 4.78 is 9.93. The van der Waals surface area contributed by atoms with Crippen LogP contribution in [0.3, 0.4) is 0 Å². The number of fused-ring (bicyclic) bond motifs is 3. The Bertz CT molecular complexity index is 777. The Hall–Kier alpha value is -2.56. The maximum Gasteiger partial charge on any atom is 0.358 e. The Morgan fingerprint density at radius 2 is 2.05 bits per heavy atom. The molecule has 3 rings (SSSR count). The summed E-state index contributed by atoms with van der Waals surface area (Å²) in [6.07, 6.45) is 1.60. The van der Waals surface area contributed by atoms with Gasteiger partial charge < -0.3 is 14.5 Å². The highest BCUT2D eigenvalue weighted by Gasteiger charge is 2.15. The number of aromatic nitrogens is 2. The predicted octanol–water partition coefficient (Wildman–Crippen LogP) is 2.51. The van der Waals surface area contributed by atoms with Crippen LogP contribution in [0.25, 0.3) is 21.8 Å². The Morgan fingerprint density at radius 3 is 2.79 bits per heavy atom. The van der Waals surface area contributed by atoms with Crippen molar-refractivity contribution >= 4 is 27.8 Å². The minimum Gasteiger partial charge on any atom is -0.497 e. The largest absolute Gasteiger partial charge is 0.497 e. The summed E-state index contributed by atoms with van der Waals surface area (Å²) >= 11 is 0. The van der Waals surface area contributed by atoms with Gasteiger partial charge >= 0.3 is 5.97 Å². The molecule has 0 aliphatic rings. The van der Waals surface area contributed by atoms with Crippen LogP contribution in [0.1, 0.15) is 10.5 Å². The second-order valence-corrected chi connectivity index (χ2v) is 4.11. The molecule has 0 saturated heterocycles. The number of pyridine rings is 1. The number of methoxy groups -OCH3 is 2. The molecule has 0 bridgehead atoms. The SMILES string of the molecule is COC(=O)c1nccc2c1[nH]c1cc(OC)ccc12. The number of nitrogens with one attached hydrogen (secondary N) is 1. The van der Waals surface area contributed by atoms with E-state index in [1.807, 2.05) is 24.3 Å². The summed E-state index contributed by atoms with van der Waals surface area (Å²) in [7, 11) is 2.96. The molecule has 0 amide bonds. The number of rotatable bonds is 2. The van der Waals surface area contributed by atoms with Gasteiger partial charge in [0.05, 0.1) is 25.3 Å². The number of carbonyl (C=O) groups is 1. The van der Waals surface area contributed by atoms with E-state index in [2.05, 4.69) is 9.97 Å². The molecule has 0 atom stereocenters. The van der Waals surface area contributed by atoms with E-state index in [0.717, 1.165) is 22.0 Å². The molecule has 19 heavy (non-hydrogen) atoms. The van der Waals surface area contributed by atoms with E-state index in [1.54, 1.807) is 13.3 Å². The molecule has 0 fully saturated rings. The van der Waals surface area contributed by atoms with E-state index in [4.69, 9.17) is 9.47 Å². The zero-order valence-corrected chi connectivity index (χ0v) is 10.6. The fourth-order valence-electron chi connectivity index (χ4n) is 2.19. The lowest BCUT2D eigenvalue weighted by Crippen LogP contribution is -2.04. The van der Waals surface area contributed by atoms with Crippen molar-refractivity contribution in [3.63, 3.8) is 0 Å². The fourth-order valence-corrected chi connectivity index (χ4v) is 2.19. The molecule has 2 aromatic heterocycles. The molecule has 96 valence electrons. The van der Waals surface area contributed by atoms with Gasteiger partial charge in [0.15, 0.2) is 5.69 Å². The standard InChI is InChI=1S/C14H12N2O3/c1-18-8-3-4-9-10-5-6-15-13(14(17)19-2)12(10)16-11(9)7-8/h3-7,16H,1-2H3. The highest BCUT2D eigenvalue weighted by Crippen LogP contribution is 2.29. The molecule has 5 nitrogen and oxygen atoms in total. The van der Waals surface area contributed by atoms with E-state index >= 15 is 0 Å². The Morgan fingerprint density at radius 1 is 1.21 bits per heavy atom. The number of hydrogen-bond donors (Lipinski definition) is 1. The monoisotopic (exact) mass is 256 g/mol. The Labute approximate surface area is 109 Å². The summed E-state index contributed by atoms with van der Waals surface area (Å²) in [5, 5.41) is 1.96. The van der Waals surface area contributed by atoms with Crippen molar-refractivity contribution in [1.82, 2.24) is 9.97 Å². The average Bonchev–Trinajstić information content (AvgIpc) is 2.83.